The third-order valence-electron chi connectivity index (χ3n) is 3.24. The molecule has 1 aliphatic rings. The van der Waals surface area contributed by atoms with E-state index in [0.717, 1.165) is 37.9 Å². The first-order valence-corrected chi connectivity index (χ1v) is 7.68. The number of hydrogen-bond donors (Lipinski definition) is 2. The second-order valence-corrected chi connectivity index (χ2v) is 5.25. The van der Waals surface area contributed by atoms with E-state index < -0.39 is 0 Å². The van der Waals surface area contributed by atoms with Crippen LogP contribution in [0.3, 0.4) is 0 Å². The summed E-state index contributed by atoms with van der Waals surface area (Å²) in [5.41, 5.74) is 0. The zero-order valence-corrected chi connectivity index (χ0v) is 12.6. The number of halogens is 1. The molecule has 4 nitrogen and oxygen atoms in total. The van der Waals surface area contributed by atoms with Crippen LogP contribution in [0.4, 0.5) is 4.39 Å². The van der Waals surface area contributed by atoms with Gasteiger partial charge in [-0.15, -0.1) is 0 Å². The van der Waals surface area contributed by atoms with Gasteiger partial charge >= 0.3 is 0 Å². The van der Waals surface area contributed by atoms with Crippen LogP contribution in [0.5, 0.6) is 5.75 Å². The van der Waals surface area contributed by atoms with Gasteiger partial charge in [0.05, 0.1) is 6.61 Å². The molecule has 0 bridgehead atoms. The molecule has 1 aromatic rings. The Labute approximate surface area is 125 Å². The highest BCUT2D eigenvalue weighted by Crippen LogP contribution is 2.28. The Morgan fingerprint density at radius 2 is 2.05 bits per heavy atom. The molecule has 0 heterocycles. The summed E-state index contributed by atoms with van der Waals surface area (Å²) in [7, 11) is 0. The molecule has 0 amide bonds. The maximum absolute atomic E-state index is 12.7. The lowest BCUT2D eigenvalue weighted by atomic mass is 10.3. The molecule has 21 heavy (non-hydrogen) atoms. The van der Waals surface area contributed by atoms with E-state index in [4.69, 9.17) is 4.74 Å². The molecule has 0 saturated heterocycles. The summed E-state index contributed by atoms with van der Waals surface area (Å²) in [6.07, 6.45) is 3.49. The van der Waals surface area contributed by atoms with Gasteiger partial charge in [-0.1, -0.05) is 0 Å². The van der Waals surface area contributed by atoms with Crippen LogP contribution in [0, 0.1) is 11.7 Å². The number of benzene rings is 1. The largest absolute Gasteiger partial charge is 0.494 e. The fourth-order valence-electron chi connectivity index (χ4n) is 1.86. The van der Waals surface area contributed by atoms with Gasteiger partial charge in [0.2, 0.25) is 0 Å². The predicted octanol–water partition coefficient (Wildman–Crippen LogP) is 2.56. The van der Waals surface area contributed by atoms with Gasteiger partial charge in [-0.2, -0.15) is 0 Å². The SMILES string of the molecule is CCNC(=NCC1CC1)NCCCOc1ccc(F)cc1. The van der Waals surface area contributed by atoms with Gasteiger partial charge in [0.1, 0.15) is 11.6 Å². The average molecular weight is 293 g/mol. The molecule has 2 rings (SSSR count). The second-order valence-electron chi connectivity index (χ2n) is 5.25. The van der Waals surface area contributed by atoms with E-state index in [1.165, 1.54) is 25.0 Å². The van der Waals surface area contributed by atoms with E-state index >= 15 is 0 Å². The average Bonchev–Trinajstić information content (AvgIpc) is 3.30. The number of nitrogens with one attached hydrogen (secondary N) is 2. The molecule has 0 aliphatic heterocycles. The minimum absolute atomic E-state index is 0.244. The number of hydrogen-bond acceptors (Lipinski definition) is 2. The van der Waals surface area contributed by atoms with E-state index in [0.29, 0.717) is 12.4 Å². The Bertz CT molecular complexity index is 443. The molecule has 1 saturated carbocycles. The number of ether oxygens (including phenoxy) is 1. The van der Waals surface area contributed by atoms with E-state index in [1.54, 1.807) is 12.1 Å². The first-order valence-electron chi connectivity index (χ1n) is 7.68. The second kappa shape index (κ2) is 8.49. The molecule has 0 radical (unpaired) electrons. The van der Waals surface area contributed by atoms with Crippen LogP contribution in [0.25, 0.3) is 0 Å². The summed E-state index contributed by atoms with van der Waals surface area (Å²) in [6.45, 7) is 5.24. The fraction of sp³-hybridized carbons (Fsp3) is 0.562. The van der Waals surface area contributed by atoms with Crippen molar-refractivity contribution in [3.05, 3.63) is 30.1 Å². The Balaban J connectivity index is 1.60. The summed E-state index contributed by atoms with van der Waals surface area (Å²) in [5, 5.41) is 6.54. The van der Waals surface area contributed by atoms with Crippen molar-refractivity contribution in [1.82, 2.24) is 10.6 Å². The summed E-state index contributed by atoms with van der Waals surface area (Å²) in [6, 6.07) is 6.09. The van der Waals surface area contributed by atoms with Crippen molar-refractivity contribution in [2.45, 2.75) is 26.2 Å². The fourth-order valence-corrected chi connectivity index (χ4v) is 1.86. The van der Waals surface area contributed by atoms with Crippen molar-refractivity contribution in [1.29, 1.82) is 0 Å². The molecule has 1 aromatic carbocycles. The van der Waals surface area contributed by atoms with Gasteiger partial charge in [-0.25, -0.2) is 4.39 Å². The lowest BCUT2D eigenvalue weighted by molar-refractivity contribution is 0.310. The first kappa shape index (κ1) is 15.6. The lowest BCUT2D eigenvalue weighted by Gasteiger charge is -2.11. The van der Waals surface area contributed by atoms with Crippen LogP contribution in [0.1, 0.15) is 26.2 Å². The van der Waals surface area contributed by atoms with Crippen molar-refractivity contribution >= 4 is 5.96 Å². The standard InChI is InChI=1S/C16H24FN3O/c1-2-18-16(20-12-13-4-5-13)19-10-3-11-21-15-8-6-14(17)7-9-15/h6-9,13H,2-5,10-12H2,1H3,(H2,18,19,20). The minimum atomic E-state index is -0.244. The van der Waals surface area contributed by atoms with Gasteiger partial charge in [-0.05, 0) is 56.4 Å². The highest BCUT2D eigenvalue weighted by molar-refractivity contribution is 5.79. The molecule has 0 spiro atoms. The Morgan fingerprint density at radius 3 is 2.71 bits per heavy atom. The predicted molar refractivity (Wildman–Crippen MR) is 83.2 cm³/mol. The van der Waals surface area contributed by atoms with Crippen LogP contribution in [-0.4, -0.2) is 32.2 Å². The van der Waals surface area contributed by atoms with Crippen LogP contribution >= 0.6 is 0 Å². The molecular formula is C16H24FN3O. The highest BCUT2D eigenvalue weighted by atomic mass is 19.1. The molecule has 0 aromatic heterocycles. The summed E-state index contributed by atoms with van der Waals surface area (Å²) in [4.78, 5) is 4.55. The Morgan fingerprint density at radius 1 is 1.29 bits per heavy atom. The van der Waals surface area contributed by atoms with Crippen molar-refractivity contribution < 1.29 is 9.13 Å². The quantitative estimate of drug-likeness (QED) is 0.440. The van der Waals surface area contributed by atoms with Gasteiger partial charge in [0.15, 0.2) is 5.96 Å². The maximum Gasteiger partial charge on any atom is 0.191 e. The molecule has 5 heteroatoms. The molecular weight excluding hydrogens is 269 g/mol. The highest BCUT2D eigenvalue weighted by Gasteiger charge is 2.20. The number of aliphatic imine (C=N–C) groups is 1. The van der Waals surface area contributed by atoms with Gasteiger partial charge in [0.25, 0.3) is 0 Å². The smallest absolute Gasteiger partial charge is 0.191 e. The number of nitrogens with zero attached hydrogens (tertiary/aromatic N) is 1. The van der Waals surface area contributed by atoms with E-state index in [2.05, 4.69) is 22.5 Å². The minimum Gasteiger partial charge on any atom is -0.494 e. The first-order chi connectivity index (χ1) is 10.3. The molecule has 1 aliphatic carbocycles. The van der Waals surface area contributed by atoms with Gasteiger partial charge in [-0.3, -0.25) is 4.99 Å². The zero-order valence-electron chi connectivity index (χ0n) is 12.6. The van der Waals surface area contributed by atoms with Crippen LogP contribution in [0.15, 0.2) is 29.3 Å². The monoisotopic (exact) mass is 293 g/mol. The van der Waals surface area contributed by atoms with Gasteiger partial charge in [0, 0.05) is 19.6 Å². The van der Waals surface area contributed by atoms with E-state index in [9.17, 15) is 4.39 Å². The van der Waals surface area contributed by atoms with E-state index in [-0.39, 0.29) is 5.82 Å². The topological polar surface area (TPSA) is 45.7 Å². The maximum atomic E-state index is 12.7. The van der Waals surface area contributed by atoms with Crippen molar-refractivity contribution in [3.63, 3.8) is 0 Å². The normalized spacial score (nSPS) is 14.9. The summed E-state index contributed by atoms with van der Waals surface area (Å²) in [5.74, 6) is 2.13. The van der Waals surface area contributed by atoms with Gasteiger partial charge < -0.3 is 15.4 Å². The van der Waals surface area contributed by atoms with Crippen molar-refractivity contribution in [2.24, 2.45) is 10.9 Å². The van der Waals surface area contributed by atoms with Crippen LogP contribution < -0.4 is 15.4 Å². The molecule has 116 valence electrons. The molecule has 2 N–H and O–H groups in total. The molecule has 0 unspecified atom stereocenters. The molecule has 1 fully saturated rings. The van der Waals surface area contributed by atoms with Crippen LogP contribution in [-0.2, 0) is 0 Å². The van der Waals surface area contributed by atoms with Crippen molar-refractivity contribution in [3.8, 4) is 5.75 Å². The zero-order chi connectivity index (χ0) is 14.9. The lowest BCUT2D eigenvalue weighted by Crippen LogP contribution is -2.38. The Hall–Kier alpha value is -1.78. The Kier molecular flexibility index (Phi) is 6.31. The number of guanidine groups is 1. The van der Waals surface area contributed by atoms with Crippen LogP contribution in [0.2, 0.25) is 0 Å². The third kappa shape index (κ3) is 6.47. The van der Waals surface area contributed by atoms with Crippen molar-refractivity contribution in [2.75, 3.05) is 26.2 Å². The number of rotatable bonds is 8. The third-order valence-corrected chi connectivity index (χ3v) is 3.24. The van der Waals surface area contributed by atoms with E-state index in [1.807, 2.05) is 0 Å². The molecule has 0 atom stereocenters. The summed E-state index contributed by atoms with van der Waals surface area (Å²) >= 11 is 0. The summed E-state index contributed by atoms with van der Waals surface area (Å²) < 4.78 is 18.3.